The van der Waals surface area contributed by atoms with E-state index in [1.807, 2.05) is 0 Å². The molecule has 0 amide bonds. The van der Waals surface area contributed by atoms with Crippen molar-refractivity contribution in [3.05, 3.63) is 16.1 Å². The van der Waals surface area contributed by atoms with E-state index in [0.717, 1.165) is 12.5 Å². The molecule has 0 saturated heterocycles. The Kier molecular flexibility index (Phi) is 3.76. The second-order valence-corrected chi connectivity index (χ2v) is 5.45. The van der Waals surface area contributed by atoms with E-state index in [9.17, 15) is 0 Å². The summed E-state index contributed by atoms with van der Waals surface area (Å²) in [5, 5.41) is 7.01. The molecule has 0 aliphatic heterocycles. The van der Waals surface area contributed by atoms with Crippen molar-refractivity contribution >= 4 is 11.3 Å². The topological polar surface area (TPSA) is 24.9 Å². The summed E-state index contributed by atoms with van der Waals surface area (Å²) < 4.78 is 0. The summed E-state index contributed by atoms with van der Waals surface area (Å²) in [5.41, 5.74) is 1.33. The van der Waals surface area contributed by atoms with Crippen LogP contribution in [0.5, 0.6) is 0 Å². The maximum absolute atomic E-state index is 4.66. The molecule has 3 heteroatoms. The molecule has 2 nitrogen and oxygen atoms in total. The Balaban J connectivity index is 1.77. The summed E-state index contributed by atoms with van der Waals surface area (Å²) in [6, 6.07) is 0.614. The van der Waals surface area contributed by atoms with E-state index in [1.54, 1.807) is 11.3 Å². The zero-order chi connectivity index (χ0) is 10.7. The highest BCUT2D eigenvalue weighted by Crippen LogP contribution is 2.40. The molecule has 2 rings (SSSR count). The zero-order valence-electron chi connectivity index (χ0n) is 9.62. The summed E-state index contributed by atoms with van der Waals surface area (Å²) in [7, 11) is 0. The Morgan fingerprint density at radius 1 is 1.60 bits per heavy atom. The SMILES string of the molecule is CCCC(C)NCc1nc(C2CC2)cs1. The molecular weight excluding hydrogens is 204 g/mol. The van der Waals surface area contributed by atoms with E-state index in [4.69, 9.17) is 0 Å². The third-order valence-electron chi connectivity index (χ3n) is 2.89. The smallest absolute Gasteiger partial charge is 0.107 e. The average Bonchev–Trinajstić information content (AvgIpc) is 2.96. The predicted octanol–water partition coefficient (Wildman–Crippen LogP) is 3.30. The molecule has 1 unspecified atom stereocenters. The normalized spacial score (nSPS) is 18.0. The van der Waals surface area contributed by atoms with E-state index in [1.165, 1.54) is 36.4 Å². The van der Waals surface area contributed by atoms with Crippen LogP contribution < -0.4 is 5.32 Å². The Morgan fingerprint density at radius 3 is 3.07 bits per heavy atom. The summed E-state index contributed by atoms with van der Waals surface area (Å²) in [6.07, 6.45) is 5.20. The monoisotopic (exact) mass is 224 g/mol. The third kappa shape index (κ3) is 3.28. The number of hydrogen-bond donors (Lipinski definition) is 1. The lowest BCUT2D eigenvalue weighted by atomic mass is 10.2. The van der Waals surface area contributed by atoms with Gasteiger partial charge in [0.15, 0.2) is 0 Å². The fourth-order valence-corrected chi connectivity index (χ4v) is 2.60. The van der Waals surface area contributed by atoms with Gasteiger partial charge in [0.05, 0.1) is 5.69 Å². The van der Waals surface area contributed by atoms with Gasteiger partial charge in [0, 0.05) is 23.9 Å². The highest BCUT2D eigenvalue weighted by atomic mass is 32.1. The van der Waals surface area contributed by atoms with Gasteiger partial charge < -0.3 is 5.32 Å². The molecular formula is C12H20N2S. The minimum absolute atomic E-state index is 0.614. The lowest BCUT2D eigenvalue weighted by molar-refractivity contribution is 0.507. The molecule has 1 saturated carbocycles. The molecule has 1 aliphatic carbocycles. The van der Waals surface area contributed by atoms with Gasteiger partial charge in [-0.3, -0.25) is 0 Å². The largest absolute Gasteiger partial charge is 0.308 e. The van der Waals surface area contributed by atoms with Gasteiger partial charge in [-0.15, -0.1) is 11.3 Å². The van der Waals surface area contributed by atoms with Gasteiger partial charge in [-0.05, 0) is 26.2 Å². The van der Waals surface area contributed by atoms with Crippen LogP contribution in [-0.2, 0) is 6.54 Å². The number of nitrogens with zero attached hydrogens (tertiary/aromatic N) is 1. The van der Waals surface area contributed by atoms with Crippen LogP contribution in [0.25, 0.3) is 0 Å². The molecule has 0 spiro atoms. The second kappa shape index (κ2) is 5.08. The maximum Gasteiger partial charge on any atom is 0.107 e. The first-order valence-electron chi connectivity index (χ1n) is 5.97. The van der Waals surface area contributed by atoms with Gasteiger partial charge >= 0.3 is 0 Å². The molecule has 1 atom stereocenters. The number of rotatable bonds is 6. The van der Waals surface area contributed by atoms with Gasteiger partial charge in [0.1, 0.15) is 5.01 Å². The van der Waals surface area contributed by atoms with E-state index < -0.39 is 0 Å². The van der Waals surface area contributed by atoms with Crippen molar-refractivity contribution < 1.29 is 0 Å². The van der Waals surface area contributed by atoms with Crippen LogP contribution >= 0.6 is 11.3 Å². The van der Waals surface area contributed by atoms with Crippen LogP contribution in [0.4, 0.5) is 0 Å². The quantitative estimate of drug-likeness (QED) is 0.802. The van der Waals surface area contributed by atoms with Gasteiger partial charge in [-0.2, -0.15) is 0 Å². The van der Waals surface area contributed by atoms with Crippen LogP contribution in [0.3, 0.4) is 0 Å². The lowest BCUT2D eigenvalue weighted by Gasteiger charge is -2.10. The molecule has 84 valence electrons. The van der Waals surface area contributed by atoms with Crippen LogP contribution in [-0.4, -0.2) is 11.0 Å². The lowest BCUT2D eigenvalue weighted by Crippen LogP contribution is -2.24. The Hall–Kier alpha value is -0.410. The minimum Gasteiger partial charge on any atom is -0.308 e. The first-order chi connectivity index (χ1) is 7.29. The van der Waals surface area contributed by atoms with Gasteiger partial charge in [-0.25, -0.2) is 4.98 Å². The standard InChI is InChI=1S/C12H20N2S/c1-3-4-9(2)13-7-12-14-11(8-15-12)10-5-6-10/h8-10,13H,3-7H2,1-2H3. The summed E-state index contributed by atoms with van der Waals surface area (Å²) >= 11 is 1.80. The zero-order valence-corrected chi connectivity index (χ0v) is 10.4. The van der Waals surface area contributed by atoms with Crippen LogP contribution in [0.1, 0.15) is 56.2 Å². The molecule has 0 radical (unpaired) electrons. The summed E-state index contributed by atoms with van der Waals surface area (Å²) in [6.45, 7) is 5.42. The van der Waals surface area contributed by atoms with Crippen molar-refractivity contribution in [2.24, 2.45) is 0 Å². The van der Waals surface area contributed by atoms with E-state index >= 15 is 0 Å². The first-order valence-corrected chi connectivity index (χ1v) is 6.85. The molecule has 1 aromatic rings. The Labute approximate surface area is 96.1 Å². The minimum atomic E-state index is 0.614. The van der Waals surface area contributed by atoms with Crippen LogP contribution in [0.15, 0.2) is 5.38 Å². The number of thiazole rings is 1. The highest BCUT2D eigenvalue weighted by Gasteiger charge is 2.25. The predicted molar refractivity (Wildman–Crippen MR) is 65.3 cm³/mol. The highest BCUT2D eigenvalue weighted by molar-refractivity contribution is 7.09. The van der Waals surface area contributed by atoms with Crippen molar-refractivity contribution in [2.45, 2.75) is 58.0 Å². The first kappa shape index (κ1) is 11.1. The molecule has 1 fully saturated rings. The Morgan fingerprint density at radius 2 is 2.40 bits per heavy atom. The van der Waals surface area contributed by atoms with Gasteiger partial charge in [0.2, 0.25) is 0 Å². The number of hydrogen-bond acceptors (Lipinski definition) is 3. The fraction of sp³-hybridized carbons (Fsp3) is 0.750. The Bertz CT molecular complexity index is 304. The van der Waals surface area contributed by atoms with E-state index in [-0.39, 0.29) is 0 Å². The summed E-state index contributed by atoms with van der Waals surface area (Å²) in [5.74, 6) is 0.795. The van der Waals surface area contributed by atoms with Crippen molar-refractivity contribution in [1.29, 1.82) is 0 Å². The van der Waals surface area contributed by atoms with Crippen molar-refractivity contribution in [3.8, 4) is 0 Å². The van der Waals surface area contributed by atoms with Crippen molar-refractivity contribution in [2.75, 3.05) is 0 Å². The van der Waals surface area contributed by atoms with Gasteiger partial charge in [0.25, 0.3) is 0 Å². The average molecular weight is 224 g/mol. The van der Waals surface area contributed by atoms with E-state index in [0.29, 0.717) is 6.04 Å². The van der Waals surface area contributed by atoms with Crippen molar-refractivity contribution in [3.63, 3.8) is 0 Å². The third-order valence-corrected chi connectivity index (χ3v) is 3.76. The van der Waals surface area contributed by atoms with Gasteiger partial charge in [-0.1, -0.05) is 13.3 Å². The van der Waals surface area contributed by atoms with Crippen LogP contribution in [0, 0.1) is 0 Å². The molecule has 15 heavy (non-hydrogen) atoms. The molecule has 0 bridgehead atoms. The molecule has 1 N–H and O–H groups in total. The molecule has 1 heterocycles. The van der Waals surface area contributed by atoms with Crippen LogP contribution in [0.2, 0.25) is 0 Å². The molecule has 1 aliphatic rings. The number of nitrogens with one attached hydrogen (secondary N) is 1. The maximum atomic E-state index is 4.66. The summed E-state index contributed by atoms with van der Waals surface area (Å²) in [4.78, 5) is 4.66. The molecule has 1 aromatic heterocycles. The second-order valence-electron chi connectivity index (χ2n) is 4.51. The van der Waals surface area contributed by atoms with Crippen molar-refractivity contribution in [1.82, 2.24) is 10.3 Å². The molecule has 0 aromatic carbocycles. The number of aromatic nitrogens is 1. The van der Waals surface area contributed by atoms with E-state index in [2.05, 4.69) is 29.5 Å². The fourth-order valence-electron chi connectivity index (χ4n) is 1.77.